The lowest BCUT2D eigenvalue weighted by atomic mass is 9.75. The van der Waals surface area contributed by atoms with Gasteiger partial charge in [0.05, 0.1) is 0 Å². The fraction of sp³-hybridized carbons (Fsp3) is 0.533. The number of aliphatic imine (C=N–C) groups is 1. The number of hydrogen-bond donors (Lipinski definition) is 1. The summed E-state index contributed by atoms with van der Waals surface area (Å²) in [4.78, 5) is 20.7. The van der Waals surface area contributed by atoms with Gasteiger partial charge in [-0.25, -0.2) is 4.79 Å². The van der Waals surface area contributed by atoms with E-state index in [0.29, 0.717) is 30.6 Å². The van der Waals surface area contributed by atoms with Gasteiger partial charge in [-0.15, -0.1) is 0 Å². The minimum Gasteiger partial charge on any atom is -0.508 e. The highest BCUT2D eigenvalue weighted by atomic mass is 16.5. The van der Waals surface area contributed by atoms with E-state index in [2.05, 4.69) is 50.6 Å². The van der Waals surface area contributed by atoms with Crippen molar-refractivity contribution in [2.75, 3.05) is 11.9 Å². The summed E-state index contributed by atoms with van der Waals surface area (Å²) in [7, 11) is 1.78. The van der Waals surface area contributed by atoms with Crippen LogP contribution >= 0.6 is 0 Å². The Kier molecular flexibility index (Phi) is 9.36. The van der Waals surface area contributed by atoms with Crippen molar-refractivity contribution in [1.29, 1.82) is 0 Å². The Morgan fingerprint density at radius 3 is 2.43 bits per heavy atom. The standard InChI is InChI=1S/C30H42N2O3/c1-7-29(31-6)32(26-11-9-8-10-22(26)5)27(19-23-13-15-24(33)16-14-23)30(34)35-28-18-21(4)12-17-25(28)20(2)3/h8-11,13-16,20-21,25,27-28,33H,7,12,17-19H2,1-6H3/t21-,25+,27-,28-/m1/s1. The minimum atomic E-state index is -0.565. The molecule has 1 N–H and O–H groups in total. The quantitative estimate of drug-likeness (QED) is 0.265. The van der Waals surface area contributed by atoms with Crippen LogP contribution in [0, 0.1) is 24.7 Å². The van der Waals surface area contributed by atoms with E-state index < -0.39 is 6.04 Å². The number of ether oxygens (including phenoxy) is 1. The maximum Gasteiger partial charge on any atom is 0.329 e. The number of phenolic OH excluding ortho intramolecular Hbond substituents is 1. The van der Waals surface area contributed by atoms with E-state index in [1.54, 1.807) is 19.2 Å². The second kappa shape index (κ2) is 12.2. The zero-order valence-corrected chi connectivity index (χ0v) is 22.2. The monoisotopic (exact) mass is 478 g/mol. The van der Waals surface area contributed by atoms with Crippen LogP contribution in [0.5, 0.6) is 5.75 Å². The lowest BCUT2D eigenvalue weighted by molar-refractivity contribution is -0.157. The maximum atomic E-state index is 14.1. The van der Waals surface area contributed by atoms with Gasteiger partial charge in [0, 0.05) is 25.6 Å². The van der Waals surface area contributed by atoms with Gasteiger partial charge in [-0.1, -0.05) is 64.4 Å². The first-order valence-corrected chi connectivity index (χ1v) is 13.0. The molecule has 1 aliphatic rings. The molecule has 0 unspecified atom stereocenters. The van der Waals surface area contributed by atoms with Crippen LogP contribution in [0.1, 0.15) is 64.5 Å². The summed E-state index contributed by atoms with van der Waals surface area (Å²) in [6.45, 7) is 10.8. The van der Waals surface area contributed by atoms with Gasteiger partial charge in [0.25, 0.3) is 0 Å². The Morgan fingerprint density at radius 1 is 1.14 bits per heavy atom. The van der Waals surface area contributed by atoms with Crippen LogP contribution in [-0.4, -0.2) is 36.1 Å². The van der Waals surface area contributed by atoms with Gasteiger partial charge in [-0.3, -0.25) is 4.99 Å². The number of aryl methyl sites for hydroxylation is 1. The van der Waals surface area contributed by atoms with Gasteiger partial charge in [-0.05, 0) is 66.8 Å². The van der Waals surface area contributed by atoms with Gasteiger partial charge in [-0.2, -0.15) is 0 Å². The van der Waals surface area contributed by atoms with Crippen molar-refractivity contribution in [3.63, 3.8) is 0 Å². The third kappa shape index (κ3) is 6.65. The topological polar surface area (TPSA) is 62.1 Å². The highest BCUT2D eigenvalue weighted by Crippen LogP contribution is 2.36. The van der Waals surface area contributed by atoms with E-state index in [9.17, 15) is 9.90 Å². The Labute approximate surface area is 211 Å². The molecule has 0 bridgehead atoms. The molecule has 1 saturated carbocycles. The zero-order chi connectivity index (χ0) is 25.5. The molecule has 0 radical (unpaired) electrons. The van der Waals surface area contributed by atoms with Crippen LogP contribution < -0.4 is 4.90 Å². The van der Waals surface area contributed by atoms with E-state index in [1.165, 1.54) is 6.42 Å². The first-order valence-electron chi connectivity index (χ1n) is 13.0. The molecule has 0 saturated heterocycles. The highest BCUT2D eigenvalue weighted by Gasteiger charge is 2.37. The average Bonchev–Trinajstić information content (AvgIpc) is 2.83. The predicted octanol–water partition coefficient (Wildman–Crippen LogP) is 6.56. The summed E-state index contributed by atoms with van der Waals surface area (Å²) >= 11 is 0. The summed E-state index contributed by atoms with van der Waals surface area (Å²) in [5, 5.41) is 9.79. The summed E-state index contributed by atoms with van der Waals surface area (Å²) < 4.78 is 6.39. The Hall–Kier alpha value is -2.82. The molecule has 1 fully saturated rings. The number of nitrogens with zero attached hydrogens (tertiary/aromatic N) is 2. The van der Waals surface area contributed by atoms with Gasteiger partial charge >= 0.3 is 5.97 Å². The molecule has 0 aliphatic heterocycles. The van der Waals surface area contributed by atoms with Crippen LogP contribution in [-0.2, 0) is 16.0 Å². The molecule has 190 valence electrons. The van der Waals surface area contributed by atoms with Crippen molar-refractivity contribution < 1.29 is 14.6 Å². The van der Waals surface area contributed by atoms with Gasteiger partial charge < -0.3 is 14.7 Å². The van der Waals surface area contributed by atoms with E-state index in [-0.39, 0.29) is 17.8 Å². The molecule has 5 heteroatoms. The Balaban J connectivity index is 2.03. The van der Waals surface area contributed by atoms with Gasteiger partial charge in [0.2, 0.25) is 0 Å². The highest BCUT2D eigenvalue weighted by molar-refractivity contribution is 6.03. The van der Waals surface area contributed by atoms with Crippen LogP contribution in [0.25, 0.3) is 0 Å². The van der Waals surface area contributed by atoms with Crippen molar-refractivity contribution in [2.45, 2.75) is 78.9 Å². The number of esters is 1. The van der Waals surface area contributed by atoms with Crippen LogP contribution in [0.15, 0.2) is 53.5 Å². The van der Waals surface area contributed by atoms with Crippen LogP contribution in [0.2, 0.25) is 0 Å². The van der Waals surface area contributed by atoms with Crippen molar-refractivity contribution in [2.24, 2.45) is 22.7 Å². The molecule has 0 spiro atoms. The van der Waals surface area contributed by atoms with E-state index in [0.717, 1.165) is 35.5 Å². The van der Waals surface area contributed by atoms with Crippen molar-refractivity contribution in [3.05, 3.63) is 59.7 Å². The average molecular weight is 479 g/mol. The van der Waals surface area contributed by atoms with Crippen molar-refractivity contribution in [3.8, 4) is 5.75 Å². The molecular formula is C30H42N2O3. The largest absolute Gasteiger partial charge is 0.508 e. The molecule has 4 atom stereocenters. The molecule has 2 aromatic rings. The number of carbonyl (C=O) groups excluding carboxylic acids is 1. The maximum absolute atomic E-state index is 14.1. The number of carbonyl (C=O) groups is 1. The lowest BCUT2D eigenvalue weighted by Crippen LogP contribution is -2.49. The second-order valence-corrected chi connectivity index (χ2v) is 10.3. The zero-order valence-electron chi connectivity index (χ0n) is 22.2. The fourth-order valence-electron chi connectivity index (χ4n) is 5.37. The predicted molar refractivity (Wildman–Crippen MR) is 144 cm³/mol. The van der Waals surface area contributed by atoms with Gasteiger partial charge in [0.1, 0.15) is 23.7 Å². The summed E-state index contributed by atoms with van der Waals surface area (Å²) in [6.07, 6.45) is 4.27. The minimum absolute atomic E-state index is 0.0732. The number of para-hydroxylation sites is 1. The summed E-state index contributed by atoms with van der Waals surface area (Å²) in [6, 6.07) is 14.6. The van der Waals surface area contributed by atoms with Crippen LogP contribution in [0.4, 0.5) is 5.69 Å². The first kappa shape index (κ1) is 26.8. The number of anilines is 1. The molecule has 1 aliphatic carbocycles. The summed E-state index contributed by atoms with van der Waals surface area (Å²) in [5.74, 6) is 2.24. The molecule has 2 aromatic carbocycles. The Bertz CT molecular complexity index is 999. The Morgan fingerprint density at radius 2 is 1.83 bits per heavy atom. The fourth-order valence-corrected chi connectivity index (χ4v) is 5.37. The number of aromatic hydroxyl groups is 1. The third-order valence-electron chi connectivity index (χ3n) is 7.41. The molecule has 5 nitrogen and oxygen atoms in total. The lowest BCUT2D eigenvalue weighted by Gasteiger charge is -2.39. The van der Waals surface area contributed by atoms with Crippen LogP contribution in [0.3, 0.4) is 0 Å². The summed E-state index contributed by atoms with van der Waals surface area (Å²) in [5.41, 5.74) is 3.01. The first-order chi connectivity index (χ1) is 16.7. The number of benzene rings is 2. The number of phenols is 1. The molecule has 0 amide bonds. The normalized spacial score (nSPS) is 21.6. The van der Waals surface area contributed by atoms with Crippen molar-refractivity contribution >= 4 is 17.5 Å². The third-order valence-corrected chi connectivity index (χ3v) is 7.41. The van der Waals surface area contributed by atoms with E-state index in [4.69, 9.17) is 4.74 Å². The molecule has 3 rings (SSSR count). The SMILES string of the molecule is CCC(=NC)N(c1ccccc1C)[C@H](Cc1ccc(O)cc1)C(=O)O[C@@H]1C[C@H](C)CC[C@H]1C(C)C. The van der Waals surface area contributed by atoms with E-state index in [1.807, 2.05) is 30.3 Å². The second-order valence-electron chi connectivity index (χ2n) is 10.3. The van der Waals surface area contributed by atoms with Gasteiger partial charge in [0.15, 0.2) is 0 Å². The number of rotatable bonds is 8. The molecule has 0 aromatic heterocycles. The van der Waals surface area contributed by atoms with E-state index >= 15 is 0 Å². The smallest absolute Gasteiger partial charge is 0.329 e. The number of amidine groups is 1. The number of hydrogen-bond acceptors (Lipinski definition) is 4. The molecule has 0 heterocycles. The molecule has 35 heavy (non-hydrogen) atoms. The van der Waals surface area contributed by atoms with Crippen molar-refractivity contribution in [1.82, 2.24) is 0 Å². The molecular weight excluding hydrogens is 436 g/mol.